The molecule has 0 aromatic rings. The zero-order chi connectivity index (χ0) is 38.2. The van der Waals surface area contributed by atoms with Crippen molar-refractivity contribution in [2.45, 2.75) is 246 Å². The van der Waals surface area contributed by atoms with Gasteiger partial charge in [0.15, 0.2) is 6.10 Å². The Morgan fingerprint density at radius 3 is 1.21 bits per heavy atom. The first-order valence-corrected chi connectivity index (χ1v) is 22.6. The quantitative estimate of drug-likeness (QED) is 0.0270. The van der Waals surface area contributed by atoms with Gasteiger partial charge in [-0.2, -0.15) is 0 Å². The summed E-state index contributed by atoms with van der Waals surface area (Å²) >= 11 is 0. The van der Waals surface area contributed by atoms with Gasteiger partial charge in [0.05, 0.1) is 0 Å². The molecule has 0 heterocycles. The zero-order valence-electron chi connectivity index (χ0n) is 35.0. The maximum atomic E-state index is 12.7. The molecule has 52 heavy (non-hydrogen) atoms. The van der Waals surface area contributed by atoms with Crippen molar-refractivity contribution < 1.29 is 28.6 Å². The Kier molecular flexibility index (Phi) is 38.9. The standard InChI is InChI=1S/C46H86O6/c1-5-8-11-14-16-17-18-19-20-21-22-23-28-33-38-45(48)51-41-43(40-50-44(47)37-32-27-15-12-9-6-2)52-46(49)39-34-29-24-26-31-36-42(4)35-30-25-13-10-7-3/h30,35,42-43H,5-29,31-34,36-41H2,1-4H3/b35-30+. The minimum Gasteiger partial charge on any atom is -0.462 e. The summed E-state index contributed by atoms with van der Waals surface area (Å²) in [6.45, 7) is 8.85. The lowest BCUT2D eigenvalue weighted by molar-refractivity contribution is -0.167. The van der Waals surface area contributed by atoms with Gasteiger partial charge in [-0.3, -0.25) is 14.4 Å². The minimum atomic E-state index is -0.766. The molecule has 0 aromatic heterocycles. The third-order valence-corrected chi connectivity index (χ3v) is 10.1. The number of esters is 3. The highest BCUT2D eigenvalue weighted by Gasteiger charge is 2.19. The van der Waals surface area contributed by atoms with E-state index in [0.29, 0.717) is 25.2 Å². The molecule has 0 aliphatic heterocycles. The molecule has 2 unspecified atom stereocenters. The molecule has 0 aliphatic rings. The lowest BCUT2D eigenvalue weighted by Crippen LogP contribution is -2.30. The summed E-state index contributed by atoms with van der Waals surface area (Å²) in [5, 5.41) is 0. The molecule has 0 aromatic carbocycles. The summed E-state index contributed by atoms with van der Waals surface area (Å²) in [5.74, 6) is -0.255. The fraction of sp³-hybridized carbons (Fsp3) is 0.891. The molecule has 0 N–H and O–H groups in total. The Morgan fingerprint density at radius 2 is 0.788 bits per heavy atom. The molecule has 306 valence electrons. The summed E-state index contributed by atoms with van der Waals surface area (Å²) in [5.41, 5.74) is 0. The van der Waals surface area contributed by atoms with Gasteiger partial charge in [-0.1, -0.05) is 194 Å². The Morgan fingerprint density at radius 1 is 0.442 bits per heavy atom. The van der Waals surface area contributed by atoms with Gasteiger partial charge in [-0.05, 0) is 44.4 Å². The lowest BCUT2D eigenvalue weighted by atomic mass is 10.0. The number of allylic oxidation sites excluding steroid dienone is 2. The van der Waals surface area contributed by atoms with Crippen LogP contribution in [0.2, 0.25) is 0 Å². The molecule has 0 amide bonds. The van der Waals surface area contributed by atoms with Gasteiger partial charge in [-0.15, -0.1) is 0 Å². The van der Waals surface area contributed by atoms with Gasteiger partial charge in [0, 0.05) is 19.3 Å². The molecule has 0 bridgehead atoms. The Bertz CT molecular complexity index is 824. The van der Waals surface area contributed by atoms with Crippen molar-refractivity contribution >= 4 is 17.9 Å². The fourth-order valence-corrected chi connectivity index (χ4v) is 6.59. The summed E-state index contributed by atoms with van der Waals surface area (Å²) in [4.78, 5) is 37.6. The van der Waals surface area contributed by atoms with E-state index in [4.69, 9.17) is 14.2 Å². The molecular formula is C46H86O6. The molecule has 0 saturated carbocycles. The van der Waals surface area contributed by atoms with E-state index in [1.807, 2.05) is 0 Å². The van der Waals surface area contributed by atoms with Gasteiger partial charge in [0.1, 0.15) is 13.2 Å². The lowest BCUT2D eigenvalue weighted by Gasteiger charge is -2.18. The van der Waals surface area contributed by atoms with Crippen LogP contribution < -0.4 is 0 Å². The van der Waals surface area contributed by atoms with E-state index in [-0.39, 0.29) is 31.1 Å². The SMILES string of the molecule is CCCCC/C=C/C(C)CCCCCCCC(=O)OC(COC(=O)CCCCCCCC)COC(=O)CCCCCCCCCCCCCCCC. The topological polar surface area (TPSA) is 78.9 Å². The fourth-order valence-electron chi connectivity index (χ4n) is 6.59. The summed E-state index contributed by atoms with van der Waals surface area (Å²) in [7, 11) is 0. The smallest absolute Gasteiger partial charge is 0.306 e. The van der Waals surface area contributed by atoms with Crippen molar-refractivity contribution in [3.05, 3.63) is 12.2 Å². The molecular weight excluding hydrogens is 648 g/mol. The molecule has 6 heteroatoms. The zero-order valence-corrected chi connectivity index (χ0v) is 35.0. The van der Waals surface area contributed by atoms with Crippen molar-refractivity contribution in [3.8, 4) is 0 Å². The monoisotopic (exact) mass is 735 g/mol. The van der Waals surface area contributed by atoms with Crippen LogP contribution in [0, 0.1) is 5.92 Å². The van der Waals surface area contributed by atoms with Gasteiger partial charge in [0.25, 0.3) is 0 Å². The van der Waals surface area contributed by atoms with Gasteiger partial charge in [0.2, 0.25) is 0 Å². The maximum absolute atomic E-state index is 12.7. The highest BCUT2D eigenvalue weighted by atomic mass is 16.6. The number of hydrogen-bond acceptors (Lipinski definition) is 6. The molecule has 6 nitrogen and oxygen atoms in total. The Labute approximate surface area is 322 Å². The first kappa shape index (κ1) is 50.1. The predicted octanol–water partition coefficient (Wildman–Crippen LogP) is 14.1. The van der Waals surface area contributed by atoms with Gasteiger partial charge >= 0.3 is 17.9 Å². The van der Waals surface area contributed by atoms with Crippen LogP contribution in [-0.4, -0.2) is 37.2 Å². The van der Waals surface area contributed by atoms with Gasteiger partial charge < -0.3 is 14.2 Å². The molecule has 0 fully saturated rings. The van der Waals surface area contributed by atoms with E-state index in [2.05, 4.69) is 39.8 Å². The number of hydrogen-bond donors (Lipinski definition) is 0. The average molecular weight is 735 g/mol. The van der Waals surface area contributed by atoms with Crippen LogP contribution in [0.15, 0.2) is 12.2 Å². The second-order valence-electron chi connectivity index (χ2n) is 15.5. The van der Waals surface area contributed by atoms with Crippen molar-refractivity contribution in [2.75, 3.05) is 13.2 Å². The van der Waals surface area contributed by atoms with Gasteiger partial charge in [-0.25, -0.2) is 0 Å². The van der Waals surface area contributed by atoms with E-state index < -0.39 is 6.10 Å². The van der Waals surface area contributed by atoms with Crippen molar-refractivity contribution in [1.82, 2.24) is 0 Å². The van der Waals surface area contributed by atoms with E-state index in [0.717, 1.165) is 57.8 Å². The van der Waals surface area contributed by atoms with Crippen LogP contribution >= 0.6 is 0 Å². The van der Waals surface area contributed by atoms with Crippen molar-refractivity contribution in [3.63, 3.8) is 0 Å². The number of carbonyl (C=O) groups is 3. The highest BCUT2D eigenvalue weighted by molar-refractivity contribution is 5.71. The van der Waals surface area contributed by atoms with Crippen LogP contribution in [-0.2, 0) is 28.6 Å². The van der Waals surface area contributed by atoms with Crippen molar-refractivity contribution in [1.29, 1.82) is 0 Å². The predicted molar refractivity (Wildman–Crippen MR) is 219 cm³/mol. The highest BCUT2D eigenvalue weighted by Crippen LogP contribution is 2.16. The summed E-state index contributed by atoms with van der Waals surface area (Å²) in [6, 6.07) is 0. The normalized spacial score (nSPS) is 12.6. The average Bonchev–Trinajstić information content (AvgIpc) is 3.13. The summed E-state index contributed by atoms with van der Waals surface area (Å²) in [6.07, 6.45) is 40.9. The number of unbranched alkanes of at least 4 members (excludes halogenated alkanes) is 25. The van der Waals surface area contributed by atoms with E-state index in [9.17, 15) is 14.4 Å². The third-order valence-electron chi connectivity index (χ3n) is 10.1. The molecule has 2 atom stereocenters. The molecule has 0 rings (SSSR count). The first-order valence-electron chi connectivity index (χ1n) is 22.6. The molecule has 0 saturated heterocycles. The van der Waals surface area contributed by atoms with Crippen LogP contribution in [0.5, 0.6) is 0 Å². The first-order chi connectivity index (χ1) is 25.4. The minimum absolute atomic E-state index is 0.0707. The van der Waals surface area contributed by atoms with Crippen LogP contribution in [0.1, 0.15) is 240 Å². The maximum Gasteiger partial charge on any atom is 0.306 e. The van der Waals surface area contributed by atoms with Crippen LogP contribution in [0.4, 0.5) is 0 Å². The van der Waals surface area contributed by atoms with E-state index in [1.165, 1.54) is 135 Å². The van der Waals surface area contributed by atoms with E-state index in [1.54, 1.807) is 0 Å². The largest absolute Gasteiger partial charge is 0.462 e. The number of rotatable bonds is 40. The molecule has 0 aliphatic carbocycles. The van der Waals surface area contributed by atoms with E-state index >= 15 is 0 Å². The molecule has 0 radical (unpaired) electrons. The Balaban J connectivity index is 4.31. The summed E-state index contributed by atoms with van der Waals surface area (Å²) < 4.78 is 16.6. The second kappa shape index (κ2) is 40.3. The van der Waals surface area contributed by atoms with Crippen LogP contribution in [0.25, 0.3) is 0 Å². The Hall–Kier alpha value is -1.85. The van der Waals surface area contributed by atoms with Crippen LogP contribution in [0.3, 0.4) is 0 Å². The second-order valence-corrected chi connectivity index (χ2v) is 15.5. The van der Waals surface area contributed by atoms with Crippen molar-refractivity contribution in [2.24, 2.45) is 5.92 Å². The third kappa shape index (κ3) is 37.9. The number of carbonyl (C=O) groups excluding carboxylic acids is 3. The number of ether oxygens (including phenoxy) is 3. The molecule has 0 spiro atoms.